The van der Waals surface area contributed by atoms with E-state index < -0.39 is 0 Å². The fraction of sp³-hybridized carbons (Fsp3) is 1.00. The van der Waals surface area contributed by atoms with Gasteiger partial charge in [0.25, 0.3) is 0 Å². The van der Waals surface area contributed by atoms with Crippen LogP contribution >= 0.6 is 0 Å². The van der Waals surface area contributed by atoms with E-state index in [1.165, 1.54) is 19.5 Å². The lowest BCUT2D eigenvalue weighted by Gasteiger charge is -2.41. The van der Waals surface area contributed by atoms with E-state index in [0.29, 0.717) is 12.1 Å². The predicted octanol–water partition coefficient (Wildman–Crippen LogP) is 0.761. The van der Waals surface area contributed by atoms with Gasteiger partial charge in [0.15, 0.2) is 0 Å². The molecule has 1 N–H and O–H groups in total. The van der Waals surface area contributed by atoms with E-state index in [9.17, 15) is 0 Å². The maximum absolute atomic E-state index is 3.55. The summed E-state index contributed by atoms with van der Waals surface area (Å²) in [6.45, 7) is 10.6. The van der Waals surface area contributed by atoms with Crippen LogP contribution in [0.1, 0.15) is 27.2 Å². The zero-order valence-electron chi connectivity index (χ0n) is 10.5. The van der Waals surface area contributed by atoms with Crippen LogP contribution in [0.3, 0.4) is 0 Å². The zero-order valence-corrected chi connectivity index (χ0v) is 10.5. The molecule has 4 atom stereocenters. The minimum absolute atomic E-state index is 0.655. The van der Waals surface area contributed by atoms with Crippen molar-refractivity contribution in [1.82, 2.24) is 15.1 Å². The quantitative estimate of drug-likeness (QED) is 0.691. The largest absolute Gasteiger partial charge is 0.311 e. The summed E-state index contributed by atoms with van der Waals surface area (Å²) in [7, 11) is 2.25. The Morgan fingerprint density at radius 2 is 1.80 bits per heavy atom. The molecule has 0 bridgehead atoms. The smallest absolute Gasteiger partial charge is 0.0241 e. The van der Waals surface area contributed by atoms with Crippen LogP contribution < -0.4 is 5.32 Å². The van der Waals surface area contributed by atoms with Crippen molar-refractivity contribution < 1.29 is 0 Å². The van der Waals surface area contributed by atoms with Gasteiger partial charge in [-0.05, 0) is 34.2 Å². The van der Waals surface area contributed by atoms with E-state index in [0.717, 1.165) is 18.6 Å². The Kier molecular flexibility index (Phi) is 3.33. The minimum atomic E-state index is 0.655. The summed E-state index contributed by atoms with van der Waals surface area (Å²) in [6.07, 6.45) is 1.34. The van der Waals surface area contributed by atoms with Crippen LogP contribution in [-0.4, -0.2) is 60.6 Å². The van der Waals surface area contributed by atoms with E-state index in [4.69, 9.17) is 0 Å². The number of nitrogens with zero attached hydrogens (tertiary/aromatic N) is 2. The van der Waals surface area contributed by atoms with E-state index in [1.54, 1.807) is 0 Å². The molecule has 0 aromatic rings. The van der Waals surface area contributed by atoms with E-state index in [-0.39, 0.29) is 0 Å². The molecule has 2 aliphatic rings. The van der Waals surface area contributed by atoms with Crippen LogP contribution in [0.4, 0.5) is 0 Å². The monoisotopic (exact) mass is 211 g/mol. The van der Waals surface area contributed by atoms with Crippen LogP contribution in [0, 0.1) is 0 Å². The molecule has 0 aliphatic carbocycles. The second kappa shape index (κ2) is 4.40. The highest BCUT2D eigenvalue weighted by atomic mass is 15.3. The highest BCUT2D eigenvalue weighted by Gasteiger charge is 2.35. The summed E-state index contributed by atoms with van der Waals surface area (Å²) in [4.78, 5) is 5.20. The molecule has 0 aromatic heterocycles. The predicted molar refractivity (Wildman–Crippen MR) is 64.1 cm³/mol. The minimum Gasteiger partial charge on any atom is -0.311 e. The molecule has 88 valence electrons. The first kappa shape index (κ1) is 11.4. The van der Waals surface area contributed by atoms with Crippen LogP contribution in [-0.2, 0) is 0 Å². The number of rotatable bonds is 1. The third kappa shape index (κ3) is 2.35. The molecule has 0 spiro atoms. The van der Waals surface area contributed by atoms with Crippen LogP contribution in [0.25, 0.3) is 0 Å². The fourth-order valence-corrected chi connectivity index (χ4v) is 2.96. The average molecular weight is 211 g/mol. The summed E-state index contributed by atoms with van der Waals surface area (Å²) in [5.74, 6) is 0. The molecule has 0 radical (unpaired) electrons. The van der Waals surface area contributed by atoms with Crippen molar-refractivity contribution in [2.75, 3.05) is 26.7 Å². The molecule has 0 saturated carbocycles. The molecule has 2 fully saturated rings. The summed E-state index contributed by atoms with van der Waals surface area (Å²) in [5, 5.41) is 3.55. The molecular weight excluding hydrogens is 186 g/mol. The van der Waals surface area contributed by atoms with Crippen molar-refractivity contribution in [3.63, 3.8) is 0 Å². The molecule has 3 nitrogen and oxygen atoms in total. The standard InChI is InChI=1S/C12H25N3/c1-9-7-15(11(3)6-13-9)12-5-10(2)14(4)8-12/h9-13H,5-8H2,1-4H3. The average Bonchev–Trinajstić information content (AvgIpc) is 2.51. The van der Waals surface area contributed by atoms with Gasteiger partial charge in [-0.3, -0.25) is 4.90 Å². The molecule has 2 aliphatic heterocycles. The first-order chi connectivity index (χ1) is 7.08. The third-order valence-corrected chi connectivity index (χ3v) is 4.15. The van der Waals surface area contributed by atoms with E-state index in [2.05, 4.69) is 42.9 Å². The van der Waals surface area contributed by atoms with Gasteiger partial charge in [0.1, 0.15) is 0 Å². The number of likely N-dealkylation sites (N-methyl/N-ethyl adjacent to an activating group) is 1. The van der Waals surface area contributed by atoms with Gasteiger partial charge in [0, 0.05) is 43.8 Å². The zero-order chi connectivity index (χ0) is 11.0. The lowest BCUT2D eigenvalue weighted by molar-refractivity contribution is 0.0988. The Balaban J connectivity index is 1.97. The first-order valence-electron chi connectivity index (χ1n) is 6.27. The van der Waals surface area contributed by atoms with Gasteiger partial charge in [0.05, 0.1) is 0 Å². The maximum Gasteiger partial charge on any atom is 0.0241 e. The highest BCUT2D eigenvalue weighted by molar-refractivity contribution is 4.92. The van der Waals surface area contributed by atoms with Gasteiger partial charge in [-0.1, -0.05) is 0 Å². The Labute approximate surface area is 93.8 Å². The number of hydrogen-bond acceptors (Lipinski definition) is 3. The van der Waals surface area contributed by atoms with Crippen molar-refractivity contribution in [2.24, 2.45) is 0 Å². The lowest BCUT2D eigenvalue weighted by Crippen LogP contribution is -2.58. The number of hydrogen-bond donors (Lipinski definition) is 1. The van der Waals surface area contributed by atoms with E-state index >= 15 is 0 Å². The van der Waals surface area contributed by atoms with Gasteiger partial charge in [0.2, 0.25) is 0 Å². The normalized spacial score (nSPS) is 44.8. The Morgan fingerprint density at radius 3 is 2.40 bits per heavy atom. The lowest BCUT2D eigenvalue weighted by atomic mass is 10.1. The topological polar surface area (TPSA) is 18.5 Å². The molecule has 2 saturated heterocycles. The van der Waals surface area contributed by atoms with Crippen molar-refractivity contribution in [2.45, 2.75) is 51.4 Å². The molecule has 0 amide bonds. The van der Waals surface area contributed by atoms with E-state index in [1.807, 2.05) is 0 Å². The molecule has 0 aromatic carbocycles. The first-order valence-corrected chi connectivity index (χ1v) is 6.27. The van der Waals surface area contributed by atoms with Crippen molar-refractivity contribution >= 4 is 0 Å². The Bertz CT molecular complexity index is 209. The fourth-order valence-electron chi connectivity index (χ4n) is 2.96. The number of nitrogens with one attached hydrogen (secondary N) is 1. The molecule has 2 rings (SSSR count). The second-order valence-electron chi connectivity index (χ2n) is 5.53. The van der Waals surface area contributed by atoms with Crippen LogP contribution in [0.5, 0.6) is 0 Å². The van der Waals surface area contributed by atoms with Crippen molar-refractivity contribution in [3.8, 4) is 0 Å². The Hall–Kier alpha value is -0.120. The van der Waals surface area contributed by atoms with Gasteiger partial charge in [-0.15, -0.1) is 0 Å². The van der Waals surface area contributed by atoms with Crippen molar-refractivity contribution in [1.29, 1.82) is 0 Å². The second-order valence-corrected chi connectivity index (χ2v) is 5.53. The summed E-state index contributed by atoms with van der Waals surface area (Å²) in [6, 6.07) is 2.89. The van der Waals surface area contributed by atoms with Crippen LogP contribution in [0.15, 0.2) is 0 Å². The third-order valence-electron chi connectivity index (χ3n) is 4.15. The summed E-state index contributed by atoms with van der Waals surface area (Å²) in [5.41, 5.74) is 0. The molecular formula is C12H25N3. The number of likely N-dealkylation sites (tertiary alicyclic amines) is 1. The Morgan fingerprint density at radius 1 is 1.07 bits per heavy atom. The SMILES string of the molecule is CC1CN(C2CC(C)N(C)C2)C(C)CN1. The van der Waals surface area contributed by atoms with Gasteiger partial charge in [-0.2, -0.15) is 0 Å². The maximum atomic E-state index is 3.55. The van der Waals surface area contributed by atoms with Gasteiger partial charge >= 0.3 is 0 Å². The summed E-state index contributed by atoms with van der Waals surface area (Å²) >= 11 is 0. The van der Waals surface area contributed by atoms with Crippen LogP contribution in [0.2, 0.25) is 0 Å². The molecule has 4 unspecified atom stereocenters. The van der Waals surface area contributed by atoms with Gasteiger partial charge < -0.3 is 10.2 Å². The molecule has 15 heavy (non-hydrogen) atoms. The molecule has 2 heterocycles. The van der Waals surface area contributed by atoms with Gasteiger partial charge in [-0.25, -0.2) is 0 Å². The highest BCUT2D eigenvalue weighted by Crippen LogP contribution is 2.23. The van der Waals surface area contributed by atoms with Crippen molar-refractivity contribution in [3.05, 3.63) is 0 Å². The molecule has 3 heteroatoms. The number of piperazine rings is 1. The summed E-state index contributed by atoms with van der Waals surface area (Å²) < 4.78 is 0.